The molecule has 19 heavy (non-hydrogen) atoms. The van der Waals surface area contributed by atoms with Crippen molar-refractivity contribution in [1.29, 1.82) is 5.26 Å². The molecule has 0 N–H and O–H groups in total. The van der Waals surface area contributed by atoms with E-state index in [9.17, 15) is 0 Å². The smallest absolute Gasteiger partial charge is 0.0995 e. The Kier molecular flexibility index (Phi) is 4.20. The van der Waals surface area contributed by atoms with Gasteiger partial charge in [0.1, 0.15) is 0 Å². The van der Waals surface area contributed by atoms with Crippen molar-refractivity contribution >= 4 is 5.69 Å². The molecule has 2 aromatic rings. The van der Waals surface area contributed by atoms with Crippen molar-refractivity contribution in [2.75, 3.05) is 11.4 Å². The van der Waals surface area contributed by atoms with E-state index in [0.29, 0.717) is 0 Å². The van der Waals surface area contributed by atoms with Gasteiger partial charge in [-0.25, -0.2) is 0 Å². The molecule has 0 aliphatic heterocycles. The van der Waals surface area contributed by atoms with Crippen molar-refractivity contribution in [3.8, 4) is 6.07 Å². The highest BCUT2D eigenvalue weighted by atomic mass is 15.1. The van der Waals surface area contributed by atoms with Crippen molar-refractivity contribution in [2.24, 2.45) is 0 Å². The maximum Gasteiger partial charge on any atom is 0.0995 e. The molecule has 0 saturated heterocycles. The third kappa shape index (κ3) is 3.14. The Balaban J connectivity index is 2.27. The Morgan fingerprint density at radius 3 is 2.58 bits per heavy atom. The van der Waals surface area contributed by atoms with Gasteiger partial charge in [-0.15, -0.1) is 0 Å². The van der Waals surface area contributed by atoms with Gasteiger partial charge in [-0.3, -0.25) is 0 Å². The maximum absolute atomic E-state index is 9.15. The molecule has 2 rings (SSSR count). The largest absolute Gasteiger partial charge is 0.367 e. The second kappa shape index (κ2) is 6.06. The van der Waals surface area contributed by atoms with Crippen LogP contribution in [-0.2, 0) is 6.54 Å². The molecular formula is C17H18N2. The van der Waals surface area contributed by atoms with Crippen LogP contribution in [0, 0.1) is 18.3 Å². The molecule has 0 spiro atoms. The van der Waals surface area contributed by atoms with Gasteiger partial charge in [0.15, 0.2) is 0 Å². The average molecular weight is 250 g/mol. The van der Waals surface area contributed by atoms with Gasteiger partial charge in [0, 0.05) is 18.8 Å². The van der Waals surface area contributed by atoms with Crippen LogP contribution in [0.3, 0.4) is 0 Å². The Labute approximate surface area is 114 Å². The molecule has 0 aliphatic carbocycles. The van der Waals surface area contributed by atoms with Crippen molar-refractivity contribution < 1.29 is 0 Å². The molecular weight excluding hydrogens is 232 g/mol. The first-order valence-corrected chi connectivity index (χ1v) is 6.54. The summed E-state index contributed by atoms with van der Waals surface area (Å²) in [5, 5.41) is 9.15. The van der Waals surface area contributed by atoms with E-state index in [1.54, 1.807) is 0 Å². The summed E-state index contributed by atoms with van der Waals surface area (Å²) in [7, 11) is 0. The third-order valence-electron chi connectivity index (χ3n) is 3.25. The molecule has 0 fully saturated rings. The number of nitrogens with zero attached hydrogens (tertiary/aromatic N) is 2. The molecule has 96 valence electrons. The van der Waals surface area contributed by atoms with Crippen LogP contribution >= 0.6 is 0 Å². The monoisotopic (exact) mass is 250 g/mol. The van der Waals surface area contributed by atoms with E-state index in [0.717, 1.165) is 24.2 Å². The van der Waals surface area contributed by atoms with Crippen LogP contribution in [0.15, 0.2) is 48.5 Å². The molecule has 2 aromatic carbocycles. The van der Waals surface area contributed by atoms with Crippen molar-refractivity contribution in [3.05, 3.63) is 65.2 Å². The van der Waals surface area contributed by atoms with E-state index in [2.05, 4.69) is 49.1 Å². The molecule has 2 nitrogen and oxygen atoms in total. The summed E-state index contributed by atoms with van der Waals surface area (Å²) in [5.41, 5.74) is 4.29. The summed E-state index contributed by atoms with van der Waals surface area (Å²) in [5.74, 6) is 0. The Bertz CT molecular complexity index is 596. The lowest BCUT2D eigenvalue weighted by atomic mass is 10.1. The Morgan fingerprint density at radius 2 is 1.89 bits per heavy atom. The number of benzene rings is 2. The number of anilines is 1. The normalized spacial score (nSPS) is 9.95. The number of rotatable bonds is 4. The van der Waals surface area contributed by atoms with E-state index in [1.165, 1.54) is 11.3 Å². The lowest BCUT2D eigenvalue weighted by molar-refractivity contribution is 0.829. The van der Waals surface area contributed by atoms with Gasteiger partial charge in [0.05, 0.1) is 11.6 Å². The molecule has 0 aromatic heterocycles. The minimum Gasteiger partial charge on any atom is -0.367 e. The second-order valence-electron chi connectivity index (χ2n) is 4.62. The molecule has 0 unspecified atom stereocenters. The van der Waals surface area contributed by atoms with E-state index in [-0.39, 0.29) is 0 Å². The summed E-state index contributed by atoms with van der Waals surface area (Å²) in [6.45, 7) is 5.92. The molecule has 0 amide bonds. The molecule has 2 heteroatoms. The SMILES string of the molecule is CCN(Cc1ccccc1C#N)c1cccc(C)c1. The average Bonchev–Trinajstić information content (AvgIpc) is 2.45. The minimum atomic E-state index is 0.758. The van der Waals surface area contributed by atoms with Gasteiger partial charge in [0.2, 0.25) is 0 Å². The van der Waals surface area contributed by atoms with Crippen LogP contribution in [0.1, 0.15) is 23.6 Å². The van der Waals surface area contributed by atoms with Gasteiger partial charge >= 0.3 is 0 Å². The summed E-state index contributed by atoms with van der Waals surface area (Å²) in [6.07, 6.45) is 0. The van der Waals surface area contributed by atoms with Crippen molar-refractivity contribution in [2.45, 2.75) is 20.4 Å². The lowest BCUT2D eigenvalue weighted by Crippen LogP contribution is -2.22. The highest BCUT2D eigenvalue weighted by Crippen LogP contribution is 2.19. The van der Waals surface area contributed by atoms with Crippen LogP contribution in [-0.4, -0.2) is 6.54 Å². The Hall–Kier alpha value is -2.27. The van der Waals surface area contributed by atoms with Crippen LogP contribution in [0.2, 0.25) is 0 Å². The fourth-order valence-corrected chi connectivity index (χ4v) is 2.18. The lowest BCUT2D eigenvalue weighted by Gasteiger charge is -2.24. The molecule has 0 aliphatic rings. The number of hydrogen-bond donors (Lipinski definition) is 0. The van der Waals surface area contributed by atoms with Crippen molar-refractivity contribution in [1.82, 2.24) is 0 Å². The highest BCUT2D eigenvalue weighted by Gasteiger charge is 2.08. The van der Waals surface area contributed by atoms with Crippen LogP contribution in [0.5, 0.6) is 0 Å². The predicted octanol–water partition coefficient (Wildman–Crippen LogP) is 3.89. The van der Waals surface area contributed by atoms with E-state index >= 15 is 0 Å². The molecule has 0 radical (unpaired) electrons. The zero-order valence-electron chi connectivity index (χ0n) is 11.4. The van der Waals surface area contributed by atoms with Gasteiger partial charge < -0.3 is 4.90 Å². The zero-order chi connectivity index (χ0) is 13.7. The zero-order valence-corrected chi connectivity index (χ0v) is 11.4. The van der Waals surface area contributed by atoms with Gasteiger partial charge in [-0.05, 0) is 43.2 Å². The summed E-state index contributed by atoms with van der Waals surface area (Å²) >= 11 is 0. The summed E-state index contributed by atoms with van der Waals surface area (Å²) < 4.78 is 0. The predicted molar refractivity (Wildman–Crippen MR) is 79.1 cm³/mol. The van der Waals surface area contributed by atoms with Crippen LogP contribution in [0.25, 0.3) is 0 Å². The summed E-state index contributed by atoms with van der Waals surface area (Å²) in [6, 6.07) is 18.5. The van der Waals surface area contributed by atoms with E-state index < -0.39 is 0 Å². The van der Waals surface area contributed by atoms with Crippen LogP contribution < -0.4 is 4.90 Å². The maximum atomic E-state index is 9.15. The standard InChI is InChI=1S/C17H18N2/c1-3-19(17-10-6-7-14(2)11-17)13-16-9-5-4-8-15(16)12-18/h4-11H,3,13H2,1-2H3. The molecule has 0 bridgehead atoms. The first kappa shape index (κ1) is 13.2. The number of hydrogen-bond acceptors (Lipinski definition) is 2. The Morgan fingerprint density at radius 1 is 1.11 bits per heavy atom. The fourth-order valence-electron chi connectivity index (χ4n) is 2.18. The van der Waals surface area contributed by atoms with Gasteiger partial charge in [-0.1, -0.05) is 30.3 Å². The molecule has 0 saturated carbocycles. The quantitative estimate of drug-likeness (QED) is 0.823. The van der Waals surface area contributed by atoms with Crippen LogP contribution in [0.4, 0.5) is 5.69 Å². The first-order chi connectivity index (χ1) is 9.24. The van der Waals surface area contributed by atoms with Gasteiger partial charge in [-0.2, -0.15) is 5.26 Å². The topological polar surface area (TPSA) is 27.0 Å². The van der Waals surface area contributed by atoms with Gasteiger partial charge in [0.25, 0.3) is 0 Å². The second-order valence-corrected chi connectivity index (χ2v) is 4.62. The fraction of sp³-hybridized carbons (Fsp3) is 0.235. The third-order valence-corrected chi connectivity index (χ3v) is 3.25. The number of nitriles is 1. The number of aryl methyl sites for hydroxylation is 1. The van der Waals surface area contributed by atoms with Crippen molar-refractivity contribution in [3.63, 3.8) is 0 Å². The van der Waals surface area contributed by atoms with E-state index in [1.807, 2.05) is 24.3 Å². The van der Waals surface area contributed by atoms with E-state index in [4.69, 9.17) is 5.26 Å². The minimum absolute atomic E-state index is 0.758. The summed E-state index contributed by atoms with van der Waals surface area (Å²) in [4.78, 5) is 2.28. The molecule has 0 atom stereocenters. The first-order valence-electron chi connectivity index (χ1n) is 6.54. The molecule has 0 heterocycles. The highest BCUT2D eigenvalue weighted by molar-refractivity contribution is 5.50.